The summed E-state index contributed by atoms with van der Waals surface area (Å²) in [6, 6.07) is 5.57. The molecule has 1 saturated heterocycles. The zero-order chi connectivity index (χ0) is 16.3. The van der Waals surface area contributed by atoms with Gasteiger partial charge in [-0.2, -0.15) is 4.31 Å². The van der Waals surface area contributed by atoms with Gasteiger partial charge in [-0.25, -0.2) is 8.42 Å². The van der Waals surface area contributed by atoms with E-state index in [0.29, 0.717) is 31.9 Å². The summed E-state index contributed by atoms with van der Waals surface area (Å²) in [7, 11) is -3.34. The summed E-state index contributed by atoms with van der Waals surface area (Å²) in [6.45, 7) is 5.14. The molecule has 0 unspecified atom stereocenters. The summed E-state index contributed by atoms with van der Waals surface area (Å²) < 4.78 is 36.7. The molecule has 3 rings (SSSR count). The van der Waals surface area contributed by atoms with E-state index in [1.165, 1.54) is 10.6 Å². The van der Waals surface area contributed by atoms with Crippen LogP contribution in [0.25, 0.3) is 0 Å². The van der Waals surface area contributed by atoms with Gasteiger partial charge in [0.1, 0.15) is 23.5 Å². The van der Waals surface area contributed by atoms with E-state index in [-0.39, 0.29) is 5.75 Å². The second kappa shape index (κ2) is 6.86. The molecule has 0 bridgehead atoms. The number of nitrogens with zero attached hydrogens (tertiary/aromatic N) is 3. The number of furan rings is 1. The smallest absolute Gasteiger partial charge is 0.220 e. The van der Waals surface area contributed by atoms with Crippen LogP contribution in [0.1, 0.15) is 24.1 Å². The van der Waals surface area contributed by atoms with Crippen LogP contribution in [0.5, 0.6) is 0 Å². The van der Waals surface area contributed by atoms with Crippen LogP contribution < -0.4 is 0 Å². The van der Waals surface area contributed by atoms with Crippen LogP contribution in [0.4, 0.5) is 0 Å². The number of piperazine rings is 1. The maximum Gasteiger partial charge on any atom is 0.220 e. The van der Waals surface area contributed by atoms with Gasteiger partial charge in [0.15, 0.2) is 0 Å². The van der Waals surface area contributed by atoms with Crippen LogP contribution in [0.2, 0.25) is 0 Å². The molecule has 3 heterocycles. The van der Waals surface area contributed by atoms with Crippen molar-refractivity contribution < 1.29 is 17.4 Å². The Balaban J connectivity index is 1.53. The molecular formula is C15H21N3O4S. The molecule has 0 atom stereocenters. The highest BCUT2D eigenvalue weighted by Gasteiger charge is 2.28. The first-order valence-corrected chi connectivity index (χ1v) is 9.35. The molecule has 1 fully saturated rings. The predicted molar refractivity (Wildman–Crippen MR) is 84.1 cm³/mol. The predicted octanol–water partition coefficient (Wildman–Crippen LogP) is 1.48. The van der Waals surface area contributed by atoms with Crippen LogP contribution in [0, 0.1) is 0 Å². The normalized spacial score (nSPS) is 17.6. The van der Waals surface area contributed by atoms with Gasteiger partial charge in [-0.15, -0.1) is 0 Å². The summed E-state index contributed by atoms with van der Waals surface area (Å²) in [5.41, 5.74) is 0.440. The van der Waals surface area contributed by atoms with E-state index in [1.807, 2.05) is 12.1 Å². The Hall–Kier alpha value is -1.64. The van der Waals surface area contributed by atoms with Gasteiger partial charge in [-0.05, 0) is 12.1 Å². The van der Waals surface area contributed by atoms with Crippen LogP contribution >= 0.6 is 0 Å². The van der Waals surface area contributed by atoms with Gasteiger partial charge >= 0.3 is 0 Å². The Morgan fingerprint density at radius 3 is 2.48 bits per heavy atom. The number of hydrogen-bond acceptors (Lipinski definition) is 6. The minimum atomic E-state index is -3.34. The lowest BCUT2D eigenvalue weighted by Gasteiger charge is -2.33. The van der Waals surface area contributed by atoms with Crippen molar-refractivity contribution in [2.75, 3.05) is 26.2 Å². The van der Waals surface area contributed by atoms with E-state index in [1.54, 1.807) is 6.07 Å². The maximum absolute atomic E-state index is 12.4. The summed E-state index contributed by atoms with van der Waals surface area (Å²) in [5, 5.41) is 3.67. The van der Waals surface area contributed by atoms with Crippen molar-refractivity contribution in [1.82, 2.24) is 14.4 Å². The molecule has 126 valence electrons. The van der Waals surface area contributed by atoms with Crippen molar-refractivity contribution in [2.24, 2.45) is 0 Å². The molecule has 23 heavy (non-hydrogen) atoms. The van der Waals surface area contributed by atoms with Crippen molar-refractivity contribution in [3.63, 3.8) is 0 Å². The van der Waals surface area contributed by atoms with Crippen molar-refractivity contribution in [2.45, 2.75) is 25.6 Å². The first kappa shape index (κ1) is 16.2. The van der Waals surface area contributed by atoms with Crippen molar-refractivity contribution in [3.8, 4) is 0 Å². The fourth-order valence-corrected chi connectivity index (χ4v) is 4.10. The molecule has 8 heteroatoms. The maximum atomic E-state index is 12.4. The third-order valence-corrected chi connectivity index (χ3v) is 5.80. The van der Waals surface area contributed by atoms with Crippen LogP contribution in [-0.4, -0.2) is 49.0 Å². The topological polar surface area (TPSA) is 79.8 Å². The Bertz CT molecular complexity index is 716. The summed E-state index contributed by atoms with van der Waals surface area (Å²) >= 11 is 0. The Kier molecular flexibility index (Phi) is 4.84. The van der Waals surface area contributed by atoms with Crippen LogP contribution in [0.15, 0.2) is 33.4 Å². The van der Waals surface area contributed by atoms with Crippen LogP contribution in [0.3, 0.4) is 0 Å². The highest BCUT2D eigenvalue weighted by Crippen LogP contribution is 2.16. The van der Waals surface area contributed by atoms with Gasteiger partial charge in [-0.3, -0.25) is 4.90 Å². The number of aromatic nitrogens is 1. The molecule has 7 nitrogen and oxygen atoms in total. The molecule has 0 aliphatic carbocycles. The first-order valence-electron chi connectivity index (χ1n) is 7.74. The monoisotopic (exact) mass is 339 g/mol. The molecule has 0 radical (unpaired) electrons. The lowest BCUT2D eigenvalue weighted by molar-refractivity contribution is 0.170. The molecular weight excluding hydrogens is 318 g/mol. The SMILES string of the molecule is CCc1ccc(CN2CCN(S(=O)(=O)Cc3ccon3)CC2)o1. The molecule has 0 spiro atoms. The Morgan fingerprint density at radius 2 is 1.87 bits per heavy atom. The zero-order valence-electron chi connectivity index (χ0n) is 13.1. The lowest BCUT2D eigenvalue weighted by atomic mass is 10.3. The largest absolute Gasteiger partial charge is 0.465 e. The number of aryl methyl sites for hydroxylation is 1. The second-order valence-electron chi connectivity index (χ2n) is 5.64. The molecule has 0 saturated carbocycles. The molecule has 1 aliphatic rings. The lowest BCUT2D eigenvalue weighted by Crippen LogP contribution is -2.48. The molecule has 0 amide bonds. The van der Waals surface area contributed by atoms with E-state index < -0.39 is 10.0 Å². The van der Waals surface area contributed by atoms with Crippen LogP contribution in [-0.2, 0) is 28.7 Å². The van der Waals surface area contributed by atoms with Gasteiger partial charge in [-0.1, -0.05) is 12.1 Å². The minimum Gasteiger partial charge on any atom is -0.465 e. The van der Waals surface area contributed by atoms with Crippen molar-refractivity contribution in [3.05, 3.63) is 41.7 Å². The van der Waals surface area contributed by atoms with E-state index in [2.05, 4.69) is 17.0 Å². The van der Waals surface area contributed by atoms with E-state index in [0.717, 1.165) is 24.5 Å². The van der Waals surface area contributed by atoms with Crippen molar-refractivity contribution >= 4 is 10.0 Å². The average molecular weight is 339 g/mol. The van der Waals surface area contributed by atoms with E-state index in [9.17, 15) is 8.42 Å². The fraction of sp³-hybridized carbons (Fsp3) is 0.533. The standard InChI is InChI=1S/C15H21N3O4S/c1-2-14-3-4-15(22-14)11-17-6-8-18(9-7-17)23(19,20)12-13-5-10-21-16-13/h3-5,10H,2,6-9,11-12H2,1H3. The Labute approximate surface area is 135 Å². The Morgan fingerprint density at radius 1 is 1.13 bits per heavy atom. The van der Waals surface area contributed by atoms with Gasteiger partial charge in [0.25, 0.3) is 0 Å². The highest BCUT2D eigenvalue weighted by molar-refractivity contribution is 7.88. The third-order valence-electron chi connectivity index (χ3n) is 3.99. The number of hydrogen-bond donors (Lipinski definition) is 0. The number of rotatable bonds is 6. The minimum absolute atomic E-state index is 0.110. The van der Waals surface area contributed by atoms with Gasteiger partial charge < -0.3 is 8.94 Å². The number of sulfonamides is 1. The molecule has 2 aromatic heterocycles. The van der Waals surface area contributed by atoms with Gasteiger partial charge in [0, 0.05) is 38.7 Å². The van der Waals surface area contributed by atoms with Crippen molar-refractivity contribution in [1.29, 1.82) is 0 Å². The summed E-state index contributed by atoms with van der Waals surface area (Å²) in [6.07, 6.45) is 2.27. The fourth-order valence-electron chi connectivity index (χ4n) is 2.67. The average Bonchev–Trinajstić information content (AvgIpc) is 3.19. The van der Waals surface area contributed by atoms with Gasteiger partial charge in [0.2, 0.25) is 10.0 Å². The summed E-state index contributed by atoms with van der Waals surface area (Å²) in [5.74, 6) is 1.80. The second-order valence-corrected chi connectivity index (χ2v) is 7.61. The molecule has 2 aromatic rings. The summed E-state index contributed by atoms with van der Waals surface area (Å²) in [4.78, 5) is 2.21. The molecule has 0 N–H and O–H groups in total. The molecule has 0 aromatic carbocycles. The zero-order valence-corrected chi connectivity index (χ0v) is 14.0. The quantitative estimate of drug-likeness (QED) is 0.793. The van der Waals surface area contributed by atoms with E-state index in [4.69, 9.17) is 8.94 Å². The van der Waals surface area contributed by atoms with Gasteiger partial charge in [0.05, 0.1) is 12.2 Å². The first-order chi connectivity index (χ1) is 11.1. The molecule has 1 aliphatic heterocycles. The third kappa shape index (κ3) is 4.01. The van der Waals surface area contributed by atoms with E-state index >= 15 is 0 Å². The highest BCUT2D eigenvalue weighted by atomic mass is 32.2.